The van der Waals surface area contributed by atoms with Gasteiger partial charge in [0.05, 0.1) is 12.0 Å². The smallest absolute Gasteiger partial charge is 0.322 e. The number of aromatic hydroxyl groups is 1. The van der Waals surface area contributed by atoms with Gasteiger partial charge in [-0.05, 0) is 35.7 Å². The normalized spacial score (nSPS) is 11.8. The molecule has 0 saturated heterocycles. The number of carbonyl (C=O) groups is 1. The molecule has 29 heavy (non-hydrogen) atoms. The highest BCUT2D eigenvalue weighted by Gasteiger charge is 2.14. The molecule has 1 unspecified atom stereocenters. The number of ether oxygens (including phenoxy) is 2. The maximum Gasteiger partial charge on any atom is 0.322 e. The first-order valence-electron chi connectivity index (χ1n) is 8.65. The zero-order chi connectivity index (χ0) is 21.0. The van der Waals surface area contributed by atoms with Crippen molar-refractivity contribution in [2.45, 2.75) is 18.9 Å². The van der Waals surface area contributed by atoms with Crippen LogP contribution in [-0.2, 0) is 22.4 Å². The number of esters is 1. The van der Waals surface area contributed by atoms with Crippen molar-refractivity contribution in [3.8, 4) is 17.4 Å². The third-order valence-corrected chi connectivity index (χ3v) is 5.07. The fraction of sp³-hybridized carbons (Fsp3) is 0.200. The van der Waals surface area contributed by atoms with Gasteiger partial charge in [0.25, 0.3) is 0 Å². The molecule has 1 atom stereocenters. The lowest BCUT2D eigenvalue weighted by Crippen LogP contribution is -2.33. The minimum atomic E-state index is -0.744. The molecule has 0 amide bonds. The van der Waals surface area contributed by atoms with Crippen LogP contribution in [0.3, 0.4) is 0 Å². The molecule has 0 radical (unpaired) electrons. The van der Waals surface area contributed by atoms with Gasteiger partial charge >= 0.3 is 10.8 Å². The van der Waals surface area contributed by atoms with Gasteiger partial charge in [-0.15, -0.1) is 0 Å². The molecule has 0 aliphatic carbocycles. The van der Waals surface area contributed by atoms with E-state index >= 15 is 0 Å². The van der Waals surface area contributed by atoms with Crippen molar-refractivity contribution in [3.05, 3.63) is 74.0 Å². The molecule has 0 aliphatic rings. The molecule has 0 saturated carbocycles. The van der Waals surface area contributed by atoms with Crippen LogP contribution < -0.4 is 15.3 Å². The first kappa shape index (κ1) is 20.6. The van der Waals surface area contributed by atoms with E-state index in [9.17, 15) is 19.1 Å². The van der Waals surface area contributed by atoms with Crippen LogP contribution in [0.15, 0.2) is 47.3 Å². The van der Waals surface area contributed by atoms with Crippen LogP contribution in [-0.4, -0.2) is 29.2 Å². The summed E-state index contributed by atoms with van der Waals surface area (Å²) in [6, 6.07) is 10.6. The number of carbonyl (C=O) groups excluding carboxylic acids is 1. The number of aromatic nitrogens is 1. The van der Waals surface area contributed by atoms with E-state index in [1.807, 2.05) is 0 Å². The van der Waals surface area contributed by atoms with Crippen molar-refractivity contribution in [2.24, 2.45) is 5.73 Å². The molecular formula is C20H19FN2O5S. The van der Waals surface area contributed by atoms with Gasteiger partial charge in [0.15, 0.2) is 0 Å². The largest absolute Gasteiger partial charge is 0.494 e. The first-order valence-corrected chi connectivity index (χ1v) is 9.47. The standard InChI is InChI=1S/C20H19FN2O5S/c1-27-19(25)16(22)8-11-2-5-13(6-3-11)28-14-7-4-12(15(21)10-14)9-17-18(24)23-20(26)29-17/h2-7,10,16,24H,8-9,22H2,1H3,(H,23,26). The monoisotopic (exact) mass is 418 g/mol. The molecule has 0 aliphatic heterocycles. The Bertz CT molecular complexity index is 1060. The number of halogens is 1. The molecule has 2 aromatic carbocycles. The summed E-state index contributed by atoms with van der Waals surface area (Å²) >= 11 is 0.836. The summed E-state index contributed by atoms with van der Waals surface area (Å²) in [7, 11) is 1.28. The first-order chi connectivity index (χ1) is 13.9. The molecule has 0 bridgehead atoms. The molecule has 3 rings (SSSR count). The van der Waals surface area contributed by atoms with E-state index in [2.05, 4.69) is 9.72 Å². The Morgan fingerprint density at radius 1 is 1.24 bits per heavy atom. The van der Waals surface area contributed by atoms with Crippen molar-refractivity contribution in [3.63, 3.8) is 0 Å². The fourth-order valence-corrected chi connectivity index (χ4v) is 3.44. The average molecular weight is 418 g/mol. The fourth-order valence-electron chi connectivity index (χ4n) is 2.70. The third-order valence-electron chi connectivity index (χ3n) is 4.19. The number of nitrogens with two attached hydrogens (primary N) is 1. The van der Waals surface area contributed by atoms with Crippen molar-refractivity contribution in [1.29, 1.82) is 0 Å². The molecule has 1 aromatic heterocycles. The number of H-pyrrole nitrogens is 1. The SMILES string of the molecule is COC(=O)C(N)Cc1ccc(Oc2ccc(Cc3sc(=O)[nH]c3O)c(F)c2)cc1. The second kappa shape index (κ2) is 8.89. The van der Waals surface area contributed by atoms with Gasteiger partial charge in [-0.3, -0.25) is 14.6 Å². The van der Waals surface area contributed by atoms with Gasteiger partial charge in [-0.2, -0.15) is 0 Å². The van der Waals surface area contributed by atoms with Crippen LogP contribution in [0.1, 0.15) is 16.0 Å². The second-order valence-corrected chi connectivity index (χ2v) is 7.36. The highest BCUT2D eigenvalue weighted by molar-refractivity contribution is 7.09. The summed E-state index contributed by atoms with van der Waals surface area (Å²) in [5, 5.41) is 9.63. The van der Waals surface area contributed by atoms with Gasteiger partial charge in [0, 0.05) is 12.5 Å². The van der Waals surface area contributed by atoms with E-state index < -0.39 is 22.7 Å². The number of hydrogen-bond donors (Lipinski definition) is 3. The Morgan fingerprint density at radius 2 is 1.93 bits per heavy atom. The number of aromatic amines is 1. The quantitative estimate of drug-likeness (QED) is 0.508. The molecule has 0 spiro atoms. The lowest BCUT2D eigenvalue weighted by Gasteiger charge is -2.11. The van der Waals surface area contributed by atoms with Crippen LogP contribution in [0.25, 0.3) is 0 Å². The molecule has 152 valence electrons. The van der Waals surface area contributed by atoms with E-state index in [0.717, 1.165) is 16.9 Å². The Morgan fingerprint density at radius 3 is 2.52 bits per heavy atom. The third kappa shape index (κ3) is 5.21. The Hall–Kier alpha value is -3.17. The summed E-state index contributed by atoms with van der Waals surface area (Å²) in [4.78, 5) is 24.8. The number of thiazole rings is 1. The van der Waals surface area contributed by atoms with Crippen LogP contribution >= 0.6 is 11.3 Å². The summed E-state index contributed by atoms with van der Waals surface area (Å²) in [5.74, 6) is -0.443. The van der Waals surface area contributed by atoms with Crippen molar-refractivity contribution >= 4 is 17.3 Å². The van der Waals surface area contributed by atoms with E-state index in [0.29, 0.717) is 28.4 Å². The summed E-state index contributed by atoms with van der Waals surface area (Å²) in [6.07, 6.45) is 0.421. The number of hydrogen-bond acceptors (Lipinski definition) is 7. The maximum absolute atomic E-state index is 14.4. The summed E-state index contributed by atoms with van der Waals surface area (Å²) in [6.45, 7) is 0. The molecule has 1 heterocycles. The Balaban J connectivity index is 1.66. The minimum absolute atomic E-state index is 0.0938. The van der Waals surface area contributed by atoms with Crippen molar-refractivity contribution in [2.75, 3.05) is 7.11 Å². The number of nitrogens with one attached hydrogen (secondary N) is 1. The van der Waals surface area contributed by atoms with Crippen LogP contribution in [0.4, 0.5) is 4.39 Å². The number of rotatable bonds is 7. The number of benzene rings is 2. The van der Waals surface area contributed by atoms with Gasteiger partial charge in [0.1, 0.15) is 23.4 Å². The molecular weight excluding hydrogens is 399 g/mol. The predicted octanol–water partition coefficient (Wildman–Crippen LogP) is 2.71. The van der Waals surface area contributed by atoms with Gasteiger partial charge in [0.2, 0.25) is 5.88 Å². The molecule has 3 aromatic rings. The van der Waals surface area contributed by atoms with E-state index in [-0.39, 0.29) is 12.3 Å². The zero-order valence-electron chi connectivity index (χ0n) is 15.5. The molecule has 4 N–H and O–H groups in total. The van der Waals surface area contributed by atoms with E-state index in [1.54, 1.807) is 30.3 Å². The zero-order valence-corrected chi connectivity index (χ0v) is 16.3. The maximum atomic E-state index is 14.4. The molecule has 9 heteroatoms. The topological polar surface area (TPSA) is 115 Å². The predicted molar refractivity (Wildman–Crippen MR) is 106 cm³/mol. The lowest BCUT2D eigenvalue weighted by atomic mass is 10.1. The second-order valence-electron chi connectivity index (χ2n) is 6.30. The van der Waals surface area contributed by atoms with Crippen molar-refractivity contribution in [1.82, 2.24) is 4.98 Å². The van der Waals surface area contributed by atoms with E-state index in [1.165, 1.54) is 19.2 Å². The highest BCUT2D eigenvalue weighted by atomic mass is 32.1. The lowest BCUT2D eigenvalue weighted by molar-refractivity contribution is -0.142. The Kier molecular flexibility index (Phi) is 6.30. The van der Waals surface area contributed by atoms with Crippen LogP contribution in [0.2, 0.25) is 0 Å². The molecule has 7 nitrogen and oxygen atoms in total. The van der Waals surface area contributed by atoms with Crippen LogP contribution in [0.5, 0.6) is 17.4 Å². The summed E-state index contributed by atoms with van der Waals surface area (Å²) < 4.78 is 24.6. The Labute approximate surface area is 169 Å². The van der Waals surface area contributed by atoms with Gasteiger partial charge in [-0.1, -0.05) is 29.5 Å². The number of methoxy groups -OCH3 is 1. The van der Waals surface area contributed by atoms with Gasteiger partial charge in [-0.25, -0.2) is 4.39 Å². The molecule has 0 fully saturated rings. The van der Waals surface area contributed by atoms with Gasteiger partial charge < -0.3 is 20.3 Å². The van der Waals surface area contributed by atoms with Crippen LogP contribution in [0, 0.1) is 5.82 Å². The van der Waals surface area contributed by atoms with Crippen molar-refractivity contribution < 1.29 is 23.8 Å². The average Bonchev–Trinajstić information content (AvgIpc) is 3.01. The minimum Gasteiger partial charge on any atom is -0.494 e. The highest BCUT2D eigenvalue weighted by Crippen LogP contribution is 2.27. The van der Waals surface area contributed by atoms with E-state index in [4.69, 9.17) is 10.5 Å². The summed E-state index contributed by atoms with van der Waals surface area (Å²) in [5.41, 5.74) is 6.90.